The zero-order valence-corrected chi connectivity index (χ0v) is 27.5. The third kappa shape index (κ3) is 5.91. The van der Waals surface area contributed by atoms with E-state index in [-0.39, 0.29) is 17.3 Å². The molecule has 5 aromatic rings. The number of methoxy groups -OCH3 is 1. The molecule has 0 bridgehead atoms. The van der Waals surface area contributed by atoms with Crippen molar-refractivity contribution >= 4 is 27.0 Å². The van der Waals surface area contributed by atoms with Gasteiger partial charge in [-0.2, -0.15) is 0 Å². The van der Waals surface area contributed by atoms with E-state index in [1.807, 2.05) is 31.2 Å². The van der Waals surface area contributed by atoms with Crippen LogP contribution in [0.5, 0.6) is 5.75 Å². The number of carbonyl (C=O) groups is 1. The fourth-order valence-electron chi connectivity index (χ4n) is 6.08. The Labute approximate surface area is 269 Å². The van der Waals surface area contributed by atoms with E-state index in [0.717, 1.165) is 47.5 Å². The summed E-state index contributed by atoms with van der Waals surface area (Å²) < 4.78 is 35.0. The smallest absolute Gasteiger partial charge is 0.269 e. The van der Waals surface area contributed by atoms with Crippen LogP contribution in [0, 0.1) is 6.92 Å². The van der Waals surface area contributed by atoms with E-state index in [4.69, 9.17) is 9.72 Å². The predicted molar refractivity (Wildman–Crippen MR) is 180 cm³/mol. The lowest BCUT2D eigenvalue weighted by atomic mass is 9.93. The summed E-state index contributed by atoms with van der Waals surface area (Å²) in [6.07, 6.45) is 3.58. The number of pyridine rings is 1. The van der Waals surface area contributed by atoms with Crippen LogP contribution in [-0.4, -0.2) is 78.6 Å². The standard InChI is InChI=1S/C36H38N4O5S/c1-23-6-12-30(13-7-23)46(43,44)40-22-32(25-8-10-26(11-9-25)36(42)39(4)20-24(2)41)31-17-29(19-37-35(31)40)28-16-27-14-15-38(3)21-33(27)34(18-28)45-5/h6-13,16-19,22,24,41H,14-15,20-21H2,1-5H3. The Morgan fingerprint density at radius 2 is 1.76 bits per heavy atom. The number of ether oxygens (including phenoxy) is 1. The number of aliphatic hydroxyl groups is 1. The molecule has 10 heteroatoms. The van der Waals surface area contributed by atoms with Crippen LogP contribution in [0.1, 0.15) is 34.0 Å². The molecule has 0 spiro atoms. The van der Waals surface area contributed by atoms with Gasteiger partial charge in [-0.15, -0.1) is 0 Å². The monoisotopic (exact) mass is 638 g/mol. The second-order valence-electron chi connectivity index (χ2n) is 12.2. The maximum Gasteiger partial charge on any atom is 0.269 e. The Bertz CT molecular complexity index is 2020. The number of rotatable bonds is 8. The van der Waals surface area contributed by atoms with Crippen LogP contribution < -0.4 is 4.74 Å². The summed E-state index contributed by atoms with van der Waals surface area (Å²) in [5.41, 5.74) is 7.33. The molecule has 1 aliphatic heterocycles. The van der Waals surface area contributed by atoms with Crippen molar-refractivity contribution in [2.24, 2.45) is 0 Å². The highest BCUT2D eigenvalue weighted by atomic mass is 32.2. The minimum atomic E-state index is -3.97. The van der Waals surface area contributed by atoms with Crippen LogP contribution >= 0.6 is 0 Å². The summed E-state index contributed by atoms with van der Waals surface area (Å²) in [6.45, 7) is 5.52. The van der Waals surface area contributed by atoms with Gasteiger partial charge in [-0.3, -0.25) is 4.79 Å². The van der Waals surface area contributed by atoms with Crippen LogP contribution in [0.3, 0.4) is 0 Å². The number of fused-ring (bicyclic) bond motifs is 2. The number of aliphatic hydroxyl groups excluding tert-OH is 1. The second kappa shape index (κ2) is 12.4. The summed E-state index contributed by atoms with van der Waals surface area (Å²) in [7, 11) is 1.45. The lowest BCUT2D eigenvalue weighted by molar-refractivity contribution is 0.0703. The van der Waals surface area contributed by atoms with E-state index >= 15 is 0 Å². The molecule has 0 saturated heterocycles. The molecule has 3 aromatic carbocycles. The van der Waals surface area contributed by atoms with Crippen LogP contribution in [0.2, 0.25) is 0 Å². The number of likely N-dealkylation sites (N-methyl/N-ethyl adjacent to an activating group) is 2. The van der Waals surface area contributed by atoms with Gasteiger partial charge in [0.25, 0.3) is 15.9 Å². The fraction of sp³-hybridized carbons (Fsp3) is 0.278. The first-order valence-electron chi connectivity index (χ1n) is 15.2. The van der Waals surface area contributed by atoms with Gasteiger partial charge >= 0.3 is 0 Å². The number of aromatic nitrogens is 2. The van der Waals surface area contributed by atoms with Crippen LogP contribution in [0.4, 0.5) is 0 Å². The maximum atomic E-state index is 14.0. The topological polar surface area (TPSA) is 105 Å². The first kappa shape index (κ1) is 31.5. The van der Waals surface area contributed by atoms with Crippen LogP contribution in [0.15, 0.2) is 84.0 Å². The zero-order valence-electron chi connectivity index (χ0n) is 26.7. The number of aryl methyl sites for hydroxylation is 1. The van der Waals surface area contributed by atoms with Crippen molar-refractivity contribution in [3.63, 3.8) is 0 Å². The van der Waals surface area contributed by atoms with Gasteiger partial charge in [0, 0.05) is 66.7 Å². The number of carbonyl (C=O) groups excluding carboxylic acids is 1. The molecule has 0 radical (unpaired) electrons. The van der Waals surface area contributed by atoms with E-state index in [9.17, 15) is 18.3 Å². The third-order valence-electron chi connectivity index (χ3n) is 8.56. The van der Waals surface area contributed by atoms with Crippen LogP contribution in [-0.2, 0) is 23.0 Å². The minimum absolute atomic E-state index is 0.166. The molecule has 2 aromatic heterocycles. The highest BCUT2D eigenvalue weighted by molar-refractivity contribution is 7.90. The Morgan fingerprint density at radius 1 is 1.04 bits per heavy atom. The fourth-order valence-corrected chi connectivity index (χ4v) is 7.41. The summed E-state index contributed by atoms with van der Waals surface area (Å²) in [6, 6.07) is 20.0. The van der Waals surface area contributed by atoms with Crippen molar-refractivity contribution < 1.29 is 23.1 Å². The molecule has 1 amide bonds. The third-order valence-corrected chi connectivity index (χ3v) is 10.2. The SMILES string of the molecule is COc1cc(-c2cnc3c(c2)c(-c2ccc(C(=O)N(C)CC(C)O)cc2)cn3S(=O)(=O)c2ccc(C)cc2)cc2c1CN(C)CC2. The van der Waals surface area contributed by atoms with E-state index in [1.54, 1.807) is 69.9 Å². The lowest BCUT2D eigenvalue weighted by Gasteiger charge is -2.27. The molecule has 0 saturated carbocycles. The number of hydrogen-bond acceptors (Lipinski definition) is 7. The van der Waals surface area contributed by atoms with E-state index in [2.05, 4.69) is 18.0 Å². The zero-order chi connectivity index (χ0) is 32.7. The quantitative estimate of drug-likeness (QED) is 0.244. The first-order chi connectivity index (χ1) is 22.0. The van der Waals surface area contributed by atoms with Gasteiger partial charge < -0.3 is 19.6 Å². The molecular formula is C36H38N4O5S. The molecule has 46 heavy (non-hydrogen) atoms. The molecule has 1 atom stereocenters. The van der Waals surface area contributed by atoms with Crippen molar-refractivity contribution in [1.82, 2.24) is 18.8 Å². The highest BCUT2D eigenvalue weighted by Gasteiger charge is 2.25. The number of amides is 1. The Balaban J connectivity index is 1.49. The van der Waals surface area contributed by atoms with E-state index in [1.165, 1.54) is 20.0 Å². The van der Waals surface area contributed by atoms with Gasteiger partial charge in [0.1, 0.15) is 5.75 Å². The van der Waals surface area contributed by atoms with Crippen molar-refractivity contribution in [2.75, 3.05) is 34.3 Å². The molecular weight excluding hydrogens is 600 g/mol. The molecule has 0 aliphatic carbocycles. The maximum absolute atomic E-state index is 14.0. The molecule has 1 aliphatic rings. The van der Waals surface area contributed by atoms with Crippen molar-refractivity contribution in [3.05, 3.63) is 101 Å². The molecule has 6 rings (SSSR count). The summed E-state index contributed by atoms with van der Waals surface area (Å²) in [4.78, 5) is 21.6. The van der Waals surface area contributed by atoms with Gasteiger partial charge in [-0.05, 0) is 80.4 Å². The van der Waals surface area contributed by atoms with Crippen molar-refractivity contribution in [2.45, 2.75) is 37.8 Å². The first-order valence-corrected chi connectivity index (χ1v) is 16.7. The van der Waals surface area contributed by atoms with Gasteiger partial charge in [-0.25, -0.2) is 17.4 Å². The molecule has 238 valence electrons. The van der Waals surface area contributed by atoms with E-state index in [0.29, 0.717) is 22.2 Å². The molecule has 0 fully saturated rings. The van der Waals surface area contributed by atoms with Gasteiger partial charge in [0.05, 0.1) is 18.1 Å². The Kier molecular flexibility index (Phi) is 8.45. The Morgan fingerprint density at radius 3 is 2.43 bits per heavy atom. The number of hydrogen-bond donors (Lipinski definition) is 1. The average Bonchev–Trinajstić information content (AvgIpc) is 3.43. The second-order valence-corrected chi connectivity index (χ2v) is 14.0. The van der Waals surface area contributed by atoms with Crippen molar-refractivity contribution in [1.29, 1.82) is 0 Å². The molecule has 3 heterocycles. The highest BCUT2D eigenvalue weighted by Crippen LogP contribution is 2.38. The van der Waals surface area contributed by atoms with Gasteiger partial charge in [0.15, 0.2) is 5.65 Å². The predicted octanol–water partition coefficient (Wildman–Crippen LogP) is 5.37. The summed E-state index contributed by atoms with van der Waals surface area (Å²) in [5, 5.41) is 10.4. The Hall–Kier alpha value is -4.51. The van der Waals surface area contributed by atoms with E-state index < -0.39 is 16.1 Å². The molecule has 1 N–H and O–H groups in total. The summed E-state index contributed by atoms with van der Waals surface area (Å²) in [5.74, 6) is 0.605. The van der Waals surface area contributed by atoms with Gasteiger partial charge in [0.2, 0.25) is 0 Å². The summed E-state index contributed by atoms with van der Waals surface area (Å²) >= 11 is 0. The van der Waals surface area contributed by atoms with Crippen LogP contribution in [0.25, 0.3) is 33.3 Å². The minimum Gasteiger partial charge on any atom is -0.496 e. The molecule has 9 nitrogen and oxygen atoms in total. The normalized spacial score (nSPS) is 14.2. The molecule has 1 unspecified atom stereocenters. The lowest BCUT2D eigenvalue weighted by Crippen LogP contribution is -2.32. The van der Waals surface area contributed by atoms with Gasteiger partial charge in [-0.1, -0.05) is 35.9 Å². The number of benzene rings is 3. The van der Waals surface area contributed by atoms with Crippen molar-refractivity contribution in [3.8, 4) is 28.0 Å². The number of nitrogens with zero attached hydrogens (tertiary/aromatic N) is 4. The average molecular weight is 639 g/mol. The largest absolute Gasteiger partial charge is 0.496 e.